The Balaban J connectivity index is 1.78. The van der Waals surface area contributed by atoms with Crippen molar-refractivity contribution < 1.29 is 0 Å². The van der Waals surface area contributed by atoms with Crippen LogP contribution < -0.4 is 5.32 Å². The number of imidazole rings is 1. The van der Waals surface area contributed by atoms with Gasteiger partial charge in [0, 0.05) is 23.9 Å². The molecule has 0 radical (unpaired) electrons. The second-order valence-corrected chi connectivity index (χ2v) is 5.83. The lowest BCUT2D eigenvalue weighted by molar-refractivity contribution is 0.433. The molecule has 2 aromatic rings. The molecule has 4 heteroatoms. The number of hydrogen-bond acceptors (Lipinski definition) is 3. The normalized spacial score (nSPS) is 15.6. The van der Waals surface area contributed by atoms with Crippen LogP contribution in [-0.4, -0.2) is 28.8 Å². The lowest BCUT2D eigenvalue weighted by Crippen LogP contribution is -2.40. The third-order valence-corrected chi connectivity index (χ3v) is 4.13. The van der Waals surface area contributed by atoms with E-state index in [2.05, 4.69) is 46.5 Å². The number of aromatic amines is 1. The molecule has 0 bridgehead atoms. The fraction of sp³-hybridized carbons (Fsp3) is 0.357. The van der Waals surface area contributed by atoms with Gasteiger partial charge in [-0.3, -0.25) is 0 Å². The van der Waals surface area contributed by atoms with Crippen molar-refractivity contribution in [2.45, 2.75) is 17.7 Å². The summed E-state index contributed by atoms with van der Waals surface area (Å²) in [6.45, 7) is 4.25. The summed E-state index contributed by atoms with van der Waals surface area (Å²) < 4.78 is 0. The van der Waals surface area contributed by atoms with Crippen molar-refractivity contribution >= 4 is 11.8 Å². The standard InChI is InChI=1S/C14H17N3S/c1-2-18-12-5-3-10(4-6-12)13-9-16-14(17-13)11-7-15-8-11/h3-6,9,11,15H,2,7-8H2,1H3,(H,16,17). The second-order valence-electron chi connectivity index (χ2n) is 4.49. The minimum atomic E-state index is 0.564. The quantitative estimate of drug-likeness (QED) is 0.830. The number of H-pyrrole nitrogens is 1. The van der Waals surface area contributed by atoms with Gasteiger partial charge in [0.1, 0.15) is 5.82 Å². The molecule has 18 heavy (non-hydrogen) atoms. The van der Waals surface area contributed by atoms with E-state index in [9.17, 15) is 0 Å². The van der Waals surface area contributed by atoms with Gasteiger partial charge in [0.15, 0.2) is 0 Å². The average Bonchev–Trinajstić information content (AvgIpc) is 2.77. The number of nitrogens with zero attached hydrogens (tertiary/aromatic N) is 1. The minimum Gasteiger partial charge on any atom is -0.342 e. The molecule has 1 aromatic heterocycles. The highest BCUT2D eigenvalue weighted by molar-refractivity contribution is 7.99. The lowest BCUT2D eigenvalue weighted by atomic mass is 10.0. The predicted molar refractivity (Wildman–Crippen MR) is 76.0 cm³/mol. The summed E-state index contributed by atoms with van der Waals surface area (Å²) in [5, 5.41) is 3.27. The van der Waals surface area contributed by atoms with E-state index in [1.54, 1.807) is 0 Å². The van der Waals surface area contributed by atoms with E-state index in [-0.39, 0.29) is 0 Å². The van der Waals surface area contributed by atoms with Crippen LogP contribution in [0.3, 0.4) is 0 Å². The number of benzene rings is 1. The molecule has 2 N–H and O–H groups in total. The summed E-state index contributed by atoms with van der Waals surface area (Å²) >= 11 is 1.87. The summed E-state index contributed by atoms with van der Waals surface area (Å²) in [6, 6.07) is 8.67. The summed E-state index contributed by atoms with van der Waals surface area (Å²) in [6.07, 6.45) is 1.94. The van der Waals surface area contributed by atoms with Crippen molar-refractivity contribution in [2.75, 3.05) is 18.8 Å². The molecule has 1 aromatic carbocycles. The number of thioether (sulfide) groups is 1. The molecule has 3 nitrogen and oxygen atoms in total. The van der Waals surface area contributed by atoms with E-state index in [1.807, 2.05) is 18.0 Å². The molecule has 0 unspecified atom stereocenters. The molecule has 0 atom stereocenters. The van der Waals surface area contributed by atoms with Gasteiger partial charge in [-0.15, -0.1) is 11.8 Å². The Kier molecular flexibility index (Phi) is 3.39. The molecule has 0 saturated carbocycles. The molecule has 3 rings (SSSR count). The first-order valence-electron chi connectivity index (χ1n) is 6.35. The van der Waals surface area contributed by atoms with Crippen LogP contribution in [0.25, 0.3) is 11.3 Å². The van der Waals surface area contributed by atoms with Crippen LogP contribution in [0.1, 0.15) is 18.7 Å². The topological polar surface area (TPSA) is 40.7 Å². The molecule has 0 aliphatic carbocycles. The van der Waals surface area contributed by atoms with Gasteiger partial charge < -0.3 is 10.3 Å². The Hall–Kier alpha value is -1.26. The summed E-state index contributed by atoms with van der Waals surface area (Å²) in [5.74, 6) is 2.78. The van der Waals surface area contributed by atoms with Crippen molar-refractivity contribution in [3.05, 3.63) is 36.3 Å². The van der Waals surface area contributed by atoms with Gasteiger partial charge in [0.25, 0.3) is 0 Å². The van der Waals surface area contributed by atoms with Crippen LogP contribution in [-0.2, 0) is 0 Å². The van der Waals surface area contributed by atoms with Crippen molar-refractivity contribution in [1.29, 1.82) is 0 Å². The SMILES string of the molecule is CCSc1ccc(-c2cnc(C3CNC3)[nH]2)cc1. The highest BCUT2D eigenvalue weighted by Crippen LogP contribution is 2.25. The van der Waals surface area contributed by atoms with Gasteiger partial charge in [-0.05, 0) is 23.4 Å². The first-order valence-corrected chi connectivity index (χ1v) is 7.34. The Morgan fingerprint density at radius 2 is 2.06 bits per heavy atom. The van der Waals surface area contributed by atoms with Gasteiger partial charge in [0.2, 0.25) is 0 Å². The maximum absolute atomic E-state index is 4.47. The molecular formula is C14H17N3S. The Labute approximate surface area is 111 Å². The van der Waals surface area contributed by atoms with E-state index in [0.717, 1.165) is 30.4 Å². The molecule has 0 amide bonds. The zero-order chi connectivity index (χ0) is 12.4. The number of aromatic nitrogens is 2. The lowest BCUT2D eigenvalue weighted by Gasteiger charge is -2.24. The van der Waals surface area contributed by atoms with Crippen LogP contribution in [0.2, 0.25) is 0 Å². The van der Waals surface area contributed by atoms with Gasteiger partial charge >= 0.3 is 0 Å². The predicted octanol–water partition coefficient (Wildman–Crippen LogP) is 2.88. The fourth-order valence-corrected chi connectivity index (χ4v) is 2.73. The van der Waals surface area contributed by atoms with Crippen LogP contribution in [0.5, 0.6) is 0 Å². The number of rotatable bonds is 4. The maximum atomic E-state index is 4.47. The average molecular weight is 259 g/mol. The zero-order valence-corrected chi connectivity index (χ0v) is 11.3. The van der Waals surface area contributed by atoms with Crippen LogP contribution >= 0.6 is 11.8 Å². The van der Waals surface area contributed by atoms with E-state index < -0.39 is 0 Å². The van der Waals surface area contributed by atoms with Crippen LogP contribution in [0, 0.1) is 0 Å². The monoisotopic (exact) mass is 259 g/mol. The molecule has 1 saturated heterocycles. The second kappa shape index (κ2) is 5.16. The minimum absolute atomic E-state index is 0.564. The van der Waals surface area contributed by atoms with Gasteiger partial charge in [-0.25, -0.2) is 4.98 Å². The van der Waals surface area contributed by atoms with E-state index in [4.69, 9.17) is 0 Å². The van der Waals surface area contributed by atoms with Gasteiger partial charge in [-0.2, -0.15) is 0 Å². The highest BCUT2D eigenvalue weighted by atomic mass is 32.2. The molecule has 1 fully saturated rings. The Morgan fingerprint density at radius 3 is 2.67 bits per heavy atom. The summed E-state index contributed by atoms with van der Waals surface area (Å²) in [4.78, 5) is 9.22. The van der Waals surface area contributed by atoms with Crippen LogP contribution in [0.4, 0.5) is 0 Å². The Morgan fingerprint density at radius 1 is 1.28 bits per heavy atom. The Bertz CT molecular complexity index is 514. The molecule has 0 spiro atoms. The third kappa shape index (κ3) is 2.31. The number of hydrogen-bond donors (Lipinski definition) is 2. The van der Waals surface area contributed by atoms with E-state index in [1.165, 1.54) is 10.5 Å². The molecule has 1 aliphatic rings. The van der Waals surface area contributed by atoms with Crippen molar-refractivity contribution in [2.24, 2.45) is 0 Å². The fourth-order valence-electron chi connectivity index (χ4n) is 2.07. The zero-order valence-electron chi connectivity index (χ0n) is 10.4. The first kappa shape index (κ1) is 11.8. The summed E-state index contributed by atoms with van der Waals surface area (Å²) in [7, 11) is 0. The van der Waals surface area contributed by atoms with Gasteiger partial charge in [0.05, 0.1) is 11.9 Å². The smallest absolute Gasteiger partial charge is 0.112 e. The van der Waals surface area contributed by atoms with E-state index >= 15 is 0 Å². The maximum Gasteiger partial charge on any atom is 0.112 e. The largest absolute Gasteiger partial charge is 0.342 e. The third-order valence-electron chi connectivity index (χ3n) is 3.24. The molecule has 2 heterocycles. The first-order chi connectivity index (χ1) is 8.86. The van der Waals surface area contributed by atoms with Crippen molar-refractivity contribution in [3.63, 3.8) is 0 Å². The summed E-state index contributed by atoms with van der Waals surface area (Å²) in [5.41, 5.74) is 2.33. The van der Waals surface area contributed by atoms with E-state index in [0.29, 0.717) is 5.92 Å². The van der Waals surface area contributed by atoms with Crippen molar-refractivity contribution in [3.8, 4) is 11.3 Å². The molecule has 94 valence electrons. The number of nitrogens with one attached hydrogen (secondary N) is 2. The van der Waals surface area contributed by atoms with Crippen molar-refractivity contribution in [1.82, 2.24) is 15.3 Å². The van der Waals surface area contributed by atoms with Gasteiger partial charge in [-0.1, -0.05) is 19.1 Å². The highest BCUT2D eigenvalue weighted by Gasteiger charge is 2.21. The van der Waals surface area contributed by atoms with Crippen LogP contribution in [0.15, 0.2) is 35.4 Å². The molecule has 1 aliphatic heterocycles. The molecular weight excluding hydrogens is 242 g/mol.